The van der Waals surface area contributed by atoms with Crippen molar-refractivity contribution in [3.8, 4) is 16.9 Å². The highest BCUT2D eigenvalue weighted by atomic mass is 19.4. The molecule has 0 heterocycles. The van der Waals surface area contributed by atoms with Crippen LogP contribution in [0.5, 0.6) is 5.75 Å². The number of rotatable bonds is 4. The Hall–Kier alpha value is -3.95. The summed E-state index contributed by atoms with van der Waals surface area (Å²) >= 11 is 0. The smallest absolute Gasteiger partial charge is 0.417 e. The van der Waals surface area contributed by atoms with Crippen LogP contribution in [0.3, 0.4) is 0 Å². The van der Waals surface area contributed by atoms with E-state index in [1.54, 1.807) is 0 Å². The lowest BCUT2D eigenvalue weighted by atomic mass is 9.98. The van der Waals surface area contributed by atoms with Gasteiger partial charge in [-0.3, -0.25) is 10.1 Å². The fourth-order valence-electron chi connectivity index (χ4n) is 2.96. The molecule has 2 N–H and O–H groups in total. The highest BCUT2D eigenvalue weighted by Gasteiger charge is 2.34. The van der Waals surface area contributed by atoms with Crippen molar-refractivity contribution >= 4 is 17.6 Å². The zero-order valence-electron chi connectivity index (χ0n) is 16.4. The molecule has 0 spiro atoms. The van der Waals surface area contributed by atoms with Crippen LogP contribution in [0, 0.1) is 11.6 Å². The number of methoxy groups -OCH3 is 1. The van der Waals surface area contributed by atoms with Crippen LogP contribution in [0.2, 0.25) is 0 Å². The Bertz CT molecular complexity index is 1180. The molecule has 166 valence electrons. The van der Waals surface area contributed by atoms with E-state index in [1.807, 2.05) is 5.32 Å². The summed E-state index contributed by atoms with van der Waals surface area (Å²) in [4.78, 5) is 24.1. The van der Waals surface area contributed by atoms with E-state index in [4.69, 9.17) is 4.74 Å². The number of benzene rings is 3. The molecule has 0 radical (unpaired) electrons. The lowest BCUT2D eigenvalue weighted by molar-refractivity contribution is -0.137. The number of carbonyl (C=O) groups is 2. The van der Waals surface area contributed by atoms with Gasteiger partial charge in [0.05, 0.1) is 18.2 Å². The van der Waals surface area contributed by atoms with Crippen molar-refractivity contribution in [2.75, 3.05) is 12.4 Å². The number of imide groups is 1. The second-order valence-corrected chi connectivity index (χ2v) is 6.49. The number of halogens is 5. The number of hydrogen-bond acceptors (Lipinski definition) is 3. The van der Waals surface area contributed by atoms with Gasteiger partial charge >= 0.3 is 12.2 Å². The van der Waals surface area contributed by atoms with Crippen molar-refractivity contribution in [2.24, 2.45) is 0 Å². The third kappa shape index (κ3) is 5.02. The number of amides is 3. The van der Waals surface area contributed by atoms with Crippen molar-refractivity contribution in [1.29, 1.82) is 0 Å². The first kappa shape index (κ1) is 22.7. The lowest BCUT2D eigenvalue weighted by Crippen LogP contribution is -2.34. The summed E-state index contributed by atoms with van der Waals surface area (Å²) in [5.74, 6) is -3.11. The maximum atomic E-state index is 13.7. The van der Waals surface area contributed by atoms with Crippen molar-refractivity contribution in [3.63, 3.8) is 0 Å². The van der Waals surface area contributed by atoms with Crippen LogP contribution in [0.4, 0.5) is 32.4 Å². The van der Waals surface area contributed by atoms with E-state index < -0.39 is 40.9 Å². The molecule has 5 nitrogen and oxygen atoms in total. The van der Waals surface area contributed by atoms with Gasteiger partial charge in [-0.2, -0.15) is 13.2 Å². The monoisotopic (exact) mass is 450 g/mol. The highest BCUT2D eigenvalue weighted by molar-refractivity contribution is 6.08. The summed E-state index contributed by atoms with van der Waals surface area (Å²) in [5.41, 5.74) is -1.28. The van der Waals surface area contributed by atoms with Crippen molar-refractivity contribution in [3.05, 3.63) is 83.4 Å². The maximum absolute atomic E-state index is 13.7. The number of ether oxygens (including phenoxy) is 1. The number of anilines is 1. The van der Waals surface area contributed by atoms with E-state index in [-0.39, 0.29) is 22.6 Å². The van der Waals surface area contributed by atoms with E-state index in [0.29, 0.717) is 6.07 Å². The highest BCUT2D eigenvalue weighted by Crippen LogP contribution is 2.41. The standard InChI is InChI=1S/C22H15F5N2O3/c1-32-19-11-13(7-9-15(19)14-4-2-3-5-17(14)22(25,26)27)28-21(31)29-20(30)16-8-6-12(23)10-18(16)24/h2-11H,1H3,(H2,28,29,30,31). The van der Waals surface area contributed by atoms with Gasteiger partial charge in [0.15, 0.2) is 0 Å². The van der Waals surface area contributed by atoms with E-state index >= 15 is 0 Å². The number of urea groups is 1. The average Bonchev–Trinajstić information content (AvgIpc) is 2.72. The molecule has 3 aromatic rings. The molecule has 0 aliphatic carbocycles. The normalized spacial score (nSPS) is 11.1. The maximum Gasteiger partial charge on any atom is 0.417 e. The van der Waals surface area contributed by atoms with Crippen LogP contribution in [0.25, 0.3) is 11.1 Å². The van der Waals surface area contributed by atoms with Gasteiger partial charge in [0.2, 0.25) is 0 Å². The molecule has 0 bridgehead atoms. The number of alkyl halides is 3. The molecule has 0 saturated carbocycles. The molecule has 3 aromatic carbocycles. The Morgan fingerprint density at radius 1 is 0.906 bits per heavy atom. The average molecular weight is 450 g/mol. The predicted octanol–water partition coefficient (Wildman–Crippen LogP) is 5.62. The second kappa shape index (κ2) is 9.04. The lowest BCUT2D eigenvalue weighted by Gasteiger charge is -2.16. The molecule has 0 aromatic heterocycles. The Kier molecular flexibility index (Phi) is 6.42. The van der Waals surface area contributed by atoms with Crippen molar-refractivity contribution in [2.45, 2.75) is 6.18 Å². The summed E-state index contributed by atoms with van der Waals surface area (Å²) in [6, 6.07) is 10.0. The minimum absolute atomic E-state index is 0.0374. The summed E-state index contributed by atoms with van der Waals surface area (Å²) in [7, 11) is 1.25. The molecule has 0 atom stereocenters. The van der Waals surface area contributed by atoms with E-state index in [2.05, 4.69) is 5.32 Å². The van der Waals surface area contributed by atoms with Gasteiger partial charge in [0.1, 0.15) is 17.4 Å². The molecular formula is C22H15F5N2O3. The van der Waals surface area contributed by atoms with Gasteiger partial charge in [-0.15, -0.1) is 0 Å². The minimum Gasteiger partial charge on any atom is -0.496 e. The van der Waals surface area contributed by atoms with Crippen LogP contribution in [-0.4, -0.2) is 19.0 Å². The predicted molar refractivity (Wildman–Crippen MR) is 106 cm³/mol. The van der Waals surface area contributed by atoms with Gasteiger partial charge in [-0.05, 0) is 35.9 Å². The second-order valence-electron chi connectivity index (χ2n) is 6.49. The molecule has 32 heavy (non-hydrogen) atoms. The summed E-state index contributed by atoms with van der Waals surface area (Å²) in [6.45, 7) is 0. The Morgan fingerprint density at radius 3 is 2.28 bits per heavy atom. The fraction of sp³-hybridized carbons (Fsp3) is 0.0909. The first-order valence-electron chi connectivity index (χ1n) is 9.02. The first-order valence-corrected chi connectivity index (χ1v) is 9.02. The molecule has 0 saturated heterocycles. The van der Waals surface area contributed by atoms with Crippen LogP contribution < -0.4 is 15.4 Å². The van der Waals surface area contributed by atoms with Crippen LogP contribution in [-0.2, 0) is 6.18 Å². The number of nitrogens with one attached hydrogen (secondary N) is 2. The molecular weight excluding hydrogens is 435 g/mol. The summed E-state index contributed by atoms with van der Waals surface area (Å²) < 4.78 is 71.8. The van der Waals surface area contributed by atoms with Crippen molar-refractivity contribution < 1.29 is 36.3 Å². The Labute approximate surface area is 178 Å². The zero-order chi connectivity index (χ0) is 23.5. The molecule has 0 aliphatic heterocycles. The van der Waals surface area contributed by atoms with E-state index in [0.717, 1.165) is 18.2 Å². The van der Waals surface area contributed by atoms with Crippen LogP contribution >= 0.6 is 0 Å². The SMILES string of the molecule is COc1cc(NC(=O)NC(=O)c2ccc(F)cc2F)ccc1-c1ccccc1C(F)(F)F. The molecule has 0 fully saturated rings. The molecule has 10 heteroatoms. The van der Waals surface area contributed by atoms with Crippen LogP contribution in [0.15, 0.2) is 60.7 Å². The molecule has 0 aliphatic rings. The summed E-state index contributed by atoms with van der Waals surface area (Å²) in [5, 5.41) is 4.18. The largest absolute Gasteiger partial charge is 0.496 e. The third-order valence-corrected chi connectivity index (χ3v) is 4.38. The topological polar surface area (TPSA) is 67.4 Å². The number of hydrogen-bond donors (Lipinski definition) is 2. The molecule has 3 amide bonds. The zero-order valence-corrected chi connectivity index (χ0v) is 16.4. The third-order valence-electron chi connectivity index (χ3n) is 4.38. The first-order chi connectivity index (χ1) is 15.1. The van der Waals surface area contributed by atoms with Crippen LogP contribution in [0.1, 0.15) is 15.9 Å². The Morgan fingerprint density at radius 2 is 1.62 bits per heavy atom. The summed E-state index contributed by atoms with van der Waals surface area (Å²) in [6.07, 6.45) is -4.59. The Balaban J connectivity index is 1.81. The van der Waals surface area contributed by atoms with Gasteiger partial charge < -0.3 is 10.1 Å². The van der Waals surface area contributed by atoms with Gasteiger partial charge in [0, 0.05) is 23.4 Å². The van der Waals surface area contributed by atoms with Gasteiger partial charge in [-0.1, -0.05) is 18.2 Å². The van der Waals surface area contributed by atoms with Gasteiger partial charge in [-0.25, -0.2) is 13.6 Å². The fourth-order valence-corrected chi connectivity index (χ4v) is 2.96. The number of carbonyl (C=O) groups excluding carboxylic acids is 2. The van der Waals surface area contributed by atoms with E-state index in [1.165, 1.54) is 43.5 Å². The quantitative estimate of drug-likeness (QED) is 0.507. The molecule has 0 unspecified atom stereocenters. The molecule has 3 rings (SSSR count). The van der Waals surface area contributed by atoms with E-state index in [9.17, 15) is 31.5 Å². The minimum atomic E-state index is -4.59. The van der Waals surface area contributed by atoms with Gasteiger partial charge in [0.25, 0.3) is 5.91 Å². The van der Waals surface area contributed by atoms with Crippen molar-refractivity contribution in [1.82, 2.24) is 5.32 Å².